The van der Waals surface area contributed by atoms with Crippen LogP contribution in [0.25, 0.3) is 0 Å². The summed E-state index contributed by atoms with van der Waals surface area (Å²) in [5.41, 5.74) is 2.02. The van der Waals surface area contributed by atoms with Gasteiger partial charge in [-0.15, -0.1) is 11.3 Å². The maximum absolute atomic E-state index is 13.0. The highest BCUT2D eigenvalue weighted by molar-refractivity contribution is 7.13. The molecule has 4 nitrogen and oxygen atoms in total. The molecule has 1 fully saturated rings. The number of ether oxygens (including phenoxy) is 1. The number of methoxy groups -OCH3 is 1. The van der Waals surface area contributed by atoms with Gasteiger partial charge in [0.05, 0.1) is 5.69 Å². The number of amides is 1. The molecule has 22 heavy (non-hydrogen) atoms. The first kappa shape index (κ1) is 15.6. The quantitative estimate of drug-likeness (QED) is 0.800. The first-order valence-electron chi connectivity index (χ1n) is 7.42. The predicted molar refractivity (Wildman–Crippen MR) is 89.5 cm³/mol. The van der Waals surface area contributed by atoms with Crippen LogP contribution in [0, 0.1) is 6.92 Å². The molecule has 0 bridgehead atoms. The van der Waals surface area contributed by atoms with Crippen LogP contribution in [0.4, 0.5) is 0 Å². The van der Waals surface area contributed by atoms with E-state index in [4.69, 9.17) is 4.74 Å². The molecule has 0 spiro atoms. The zero-order valence-electron chi connectivity index (χ0n) is 13.0. The Balaban J connectivity index is 1.82. The van der Waals surface area contributed by atoms with E-state index in [9.17, 15) is 4.79 Å². The second-order valence-corrected chi connectivity index (χ2v) is 7.45. The fourth-order valence-electron chi connectivity index (χ4n) is 2.35. The molecule has 1 unspecified atom stereocenters. The van der Waals surface area contributed by atoms with Gasteiger partial charge in [0.2, 0.25) is 0 Å². The SMILES string of the molecule is COC(C)c1nc(C)c(C(=O)N(Cc2ccsc2)C2CC2)s1. The van der Waals surface area contributed by atoms with Gasteiger partial charge in [-0.05, 0) is 49.1 Å². The van der Waals surface area contributed by atoms with Crippen LogP contribution in [0.5, 0.6) is 0 Å². The first-order chi connectivity index (χ1) is 10.6. The number of hydrogen-bond acceptors (Lipinski definition) is 5. The Bertz CT molecular complexity index is 647. The maximum atomic E-state index is 13.0. The molecule has 1 amide bonds. The van der Waals surface area contributed by atoms with E-state index in [1.54, 1.807) is 18.4 Å². The number of rotatable bonds is 6. The fourth-order valence-corrected chi connectivity index (χ4v) is 4.06. The van der Waals surface area contributed by atoms with Crippen LogP contribution in [0.2, 0.25) is 0 Å². The summed E-state index contributed by atoms with van der Waals surface area (Å²) >= 11 is 3.13. The van der Waals surface area contributed by atoms with Crippen LogP contribution in [-0.2, 0) is 11.3 Å². The van der Waals surface area contributed by atoms with E-state index in [0.29, 0.717) is 12.6 Å². The zero-order chi connectivity index (χ0) is 15.7. The third kappa shape index (κ3) is 3.24. The Hall–Kier alpha value is -1.24. The average molecular weight is 336 g/mol. The highest BCUT2D eigenvalue weighted by Gasteiger charge is 2.34. The lowest BCUT2D eigenvalue weighted by atomic mass is 10.2. The second-order valence-electron chi connectivity index (χ2n) is 5.64. The van der Waals surface area contributed by atoms with E-state index < -0.39 is 0 Å². The van der Waals surface area contributed by atoms with Crippen molar-refractivity contribution in [3.8, 4) is 0 Å². The Morgan fingerprint density at radius 2 is 2.32 bits per heavy atom. The number of carbonyl (C=O) groups excluding carboxylic acids is 1. The van der Waals surface area contributed by atoms with E-state index in [-0.39, 0.29) is 12.0 Å². The summed E-state index contributed by atoms with van der Waals surface area (Å²) in [6, 6.07) is 2.47. The molecule has 0 aliphatic heterocycles. The molecule has 0 aromatic carbocycles. The summed E-state index contributed by atoms with van der Waals surface area (Å²) in [5, 5.41) is 5.04. The summed E-state index contributed by atoms with van der Waals surface area (Å²) in [5.74, 6) is 0.109. The summed E-state index contributed by atoms with van der Waals surface area (Å²) in [6.45, 7) is 4.56. The van der Waals surface area contributed by atoms with Crippen molar-refractivity contribution >= 4 is 28.6 Å². The molecule has 2 heterocycles. The van der Waals surface area contributed by atoms with Crippen LogP contribution < -0.4 is 0 Å². The van der Waals surface area contributed by atoms with Crippen molar-refractivity contribution in [1.82, 2.24) is 9.88 Å². The Labute approximate surface area is 138 Å². The number of carbonyl (C=O) groups is 1. The number of hydrogen-bond donors (Lipinski definition) is 0. The van der Waals surface area contributed by atoms with Gasteiger partial charge in [0.25, 0.3) is 5.91 Å². The third-order valence-corrected chi connectivity index (χ3v) is 5.93. The van der Waals surface area contributed by atoms with Crippen LogP contribution in [-0.4, -0.2) is 28.9 Å². The predicted octanol–water partition coefficient (Wildman–Crippen LogP) is 4.03. The minimum absolute atomic E-state index is 0.0727. The molecule has 0 saturated heterocycles. The van der Waals surface area contributed by atoms with Crippen molar-refractivity contribution in [2.24, 2.45) is 0 Å². The van der Waals surface area contributed by atoms with Gasteiger partial charge < -0.3 is 9.64 Å². The summed E-state index contributed by atoms with van der Waals surface area (Å²) in [4.78, 5) is 20.2. The molecule has 1 aliphatic rings. The Morgan fingerprint density at radius 3 is 2.91 bits per heavy atom. The smallest absolute Gasteiger partial charge is 0.266 e. The van der Waals surface area contributed by atoms with Crippen LogP contribution in [0.3, 0.4) is 0 Å². The normalized spacial score (nSPS) is 15.8. The van der Waals surface area contributed by atoms with Crippen LogP contribution in [0.15, 0.2) is 16.8 Å². The summed E-state index contributed by atoms with van der Waals surface area (Å²) < 4.78 is 5.31. The number of thiazole rings is 1. The number of aryl methyl sites for hydroxylation is 1. The molecule has 0 N–H and O–H groups in total. The van der Waals surface area contributed by atoms with Gasteiger partial charge in [0, 0.05) is 19.7 Å². The fraction of sp³-hybridized carbons (Fsp3) is 0.500. The Morgan fingerprint density at radius 1 is 1.55 bits per heavy atom. The van der Waals surface area contributed by atoms with E-state index in [2.05, 4.69) is 21.8 Å². The summed E-state index contributed by atoms with van der Waals surface area (Å²) in [6.07, 6.45) is 2.14. The number of nitrogens with zero attached hydrogens (tertiary/aromatic N) is 2. The molecule has 1 atom stereocenters. The van der Waals surface area contributed by atoms with Gasteiger partial charge in [0.15, 0.2) is 0 Å². The average Bonchev–Trinajstić information content (AvgIpc) is 3.08. The molecule has 1 aliphatic carbocycles. The Kier molecular flexibility index (Phi) is 4.61. The lowest BCUT2D eigenvalue weighted by molar-refractivity contribution is 0.0734. The van der Waals surface area contributed by atoms with Crippen LogP contribution >= 0.6 is 22.7 Å². The standard InChI is InChI=1S/C16H20N2O2S2/c1-10-14(22-15(17-10)11(2)20-3)16(19)18(13-4-5-13)8-12-6-7-21-9-12/h6-7,9,11,13H,4-5,8H2,1-3H3. The molecule has 3 rings (SSSR count). The minimum atomic E-state index is -0.0727. The molecule has 0 radical (unpaired) electrons. The topological polar surface area (TPSA) is 42.4 Å². The van der Waals surface area contributed by atoms with Crippen molar-refractivity contribution in [3.05, 3.63) is 38.0 Å². The van der Waals surface area contributed by atoms with Crippen molar-refractivity contribution < 1.29 is 9.53 Å². The van der Waals surface area contributed by atoms with Crippen LogP contribution in [0.1, 0.15) is 51.8 Å². The van der Waals surface area contributed by atoms with Crippen molar-refractivity contribution in [3.63, 3.8) is 0 Å². The highest BCUT2D eigenvalue weighted by atomic mass is 32.1. The molecule has 1 saturated carbocycles. The third-order valence-electron chi connectivity index (χ3n) is 3.89. The van der Waals surface area contributed by atoms with Crippen molar-refractivity contribution in [2.75, 3.05) is 7.11 Å². The minimum Gasteiger partial charge on any atom is -0.375 e. The van der Waals surface area contributed by atoms with Gasteiger partial charge >= 0.3 is 0 Å². The largest absolute Gasteiger partial charge is 0.375 e. The molecule has 6 heteroatoms. The molecular formula is C16H20N2O2S2. The van der Waals surface area contributed by atoms with Crippen molar-refractivity contribution in [2.45, 2.75) is 45.4 Å². The lowest BCUT2D eigenvalue weighted by Gasteiger charge is -2.21. The first-order valence-corrected chi connectivity index (χ1v) is 9.18. The lowest BCUT2D eigenvalue weighted by Crippen LogP contribution is -2.32. The monoisotopic (exact) mass is 336 g/mol. The van der Waals surface area contributed by atoms with Gasteiger partial charge in [-0.3, -0.25) is 4.79 Å². The van der Waals surface area contributed by atoms with Gasteiger partial charge in [-0.25, -0.2) is 4.98 Å². The molecule has 2 aromatic heterocycles. The van der Waals surface area contributed by atoms with Crippen molar-refractivity contribution in [1.29, 1.82) is 0 Å². The van der Waals surface area contributed by atoms with E-state index in [1.165, 1.54) is 16.9 Å². The van der Waals surface area contributed by atoms with E-state index >= 15 is 0 Å². The summed E-state index contributed by atoms with van der Waals surface area (Å²) in [7, 11) is 1.66. The van der Waals surface area contributed by atoms with Gasteiger partial charge in [-0.1, -0.05) is 0 Å². The maximum Gasteiger partial charge on any atom is 0.266 e. The van der Waals surface area contributed by atoms with E-state index in [0.717, 1.165) is 28.4 Å². The molecular weight excluding hydrogens is 316 g/mol. The molecule has 2 aromatic rings. The highest BCUT2D eigenvalue weighted by Crippen LogP contribution is 2.33. The number of thiophene rings is 1. The van der Waals surface area contributed by atoms with Gasteiger partial charge in [0.1, 0.15) is 16.0 Å². The zero-order valence-corrected chi connectivity index (χ0v) is 14.7. The molecule has 118 valence electrons. The number of aromatic nitrogens is 1. The second kappa shape index (κ2) is 6.48. The van der Waals surface area contributed by atoms with Gasteiger partial charge in [-0.2, -0.15) is 11.3 Å². The van der Waals surface area contributed by atoms with E-state index in [1.807, 2.05) is 18.7 Å².